The van der Waals surface area contributed by atoms with Crippen LogP contribution in [0, 0.1) is 0 Å². The highest BCUT2D eigenvalue weighted by Crippen LogP contribution is 2.23. The molecule has 1 N–H and O–H groups in total. The molecule has 1 rings (SSSR count). The molecule has 0 radical (unpaired) electrons. The van der Waals surface area contributed by atoms with Crippen LogP contribution in [0.25, 0.3) is 0 Å². The molecule has 0 saturated heterocycles. The SMILES string of the molecule is CCNC(CCCS(=O)(=O)CC)Cc1ccc(Cl)c(Cl)c1. The molecule has 1 aromatic carbocycles. The van der Waals surface area contributed by atoms with E-state index in [9.17, 15) is 8.42 Å². The maximum absolute atomic E-state index is 11.5. The molecule has 0 spiro atoms. The molecule has 21 heavy (non-hydrogen) atoms. The predicted molar refractivity (Wildman–Crippen MR) is 91.2 cm³/mol. The van der Waals surface area contributed by atoms with Gasteiger partial charge in [-0.15, -0.1) is 0 Å². The van der Waals surface area contributed by atoms with E-state index in [-0.39, 0.29) is 17.5 Å². The largest absolute Gasteiger partial charge is 0.314 e. The Morgan fingerprint density at radius 3 is 2.48 bits per heavy atom. The van der Waals surface area contributed by atoms with Gasteiger partial charge in [-0.25, -0.2) is 8.42 Å². The highest BCUT2D eigenvalue weighted by molar-refractivity contribution is 7.91. The molecule has 0 aromatic heterocycles. The highest BCUT2D eigenvalue weighted by Gasteiger charge is 2.12. The van der Waals surface area contributed by atoms with Gasteiger partial charge in [0.15, 0.2) is 0 Å². The number of sulfone groups is 1. The van der Waals surface area contributed by atoms with E-state index in [0.29, 0.717) is 16.5 Å². The first-order chi connectivity index (χ1) is 9.88. The molecule has 0 saturated carbocycles. The number of benzene rings is 1. The second-order valence-electron chi connectivity index (χ2n) is 5.09. The van der Waals surface area contributed by atoms with Gasteiger partial charge in [0.2, 0.25) is 0 Å². The fourth-order valence-corrected chi connectivity index (χ4v) is 3.43. The van der Waals surface area contributed by atoms with Gasteiger partial charge in [0, 0.05) is 11.8 Å². The minimum Gasteiger partial charge on any atom is -0.314 e. The van der Waals surface area contributed by atoms with E-state index in [1.54, 1.807) is 13.0 Å². The van der Waals surface area contributed by atoms with E-state index in [1.165, 1.54) is 0 Å². The van der Waals surface area contributed by atoms with E-state index in [4.69, 9.17) is 23.2 Å². The first-order valence-corrected chi connectivity index (χ1v) is 9.83. The first kappa shape index (κ1) is 18.8. The minimum atomic E-state index is -2.88. The second-order valence-corrected chi connectivity index (χ2v) is 8.37. The number of rotatable bonds is 9. The molecule has 0 aliphatic carbocycles. The predicted octanol–water partition coefficient (Wildman–Crippen LogP) is 3.73. The van der Waals surface area contributed by atoms with Crippen molar-refractivity contribution in [3.8, 4) is 0 Å². The Kier molecular flexibility index (Phi) is 8.03. The van der Waals surface area contributed by atoms with Gasteiger partial charge in [-0.3, -0.25) is 0 Å². The lowest BCUT2D eigenvalue weighted by Crippen LogP contribution is -2.31. The molecule has 0 bridgehead atoms. The standard InChI is InChI=1S/C15H23Cl2NO2S/c1-3-18-13(6-5-9-21(19,20)4-2)10-12-7-8-14(16)15(17)11-12/h7-8,11,13,18H,3-6,9-10H2,1-2H3. The monoisotopic (exact) mass is 351 g/mol. The van der Waals surface area contributed by atoms with Crippen LogP contribution in [0.3, 0.4) is 0 Å². The average Bonchev–Trinajstić information content (AvgIpc) is 2.43. The summed E-state index contributed by atoms with van der Waals surface area (Å²) in [6, 6.07) is 5.88. The lowest BCUT2D eigenvalue weighted by atomic mass is 10.0. The van der Waals surface area contributed by atoms with Crippen LogP contribution in [0.15, 0.2) is 18.2 Å². The molecule has 0 aliphatic rings. The molecular formula is C15H23Cl2NO2S. The summed E-state index contributed by atoms with van der Waals surface area (Å²) in [7, 11) is -2.88. The summed E-state index contributed by atoms with van der Waals surface area (Å²) in [5.41, 5.74) is 1.11. The Hall–Kier alpha value is -0.290. The Bertz CT molecular complexity index is 547. The van der Waals surface area contributed by atoms with Crippen LogP contribution in [0.5, 0.6) is 0 Å². The quantitative estimate of drug-likeness (QED) is 0.737. The van der Waals surface area contributed by atoms with Crippen LogP contribution < -0.4 is 5.32 Å². The summed E-state index contributed by atoms with van der Waals surface area (Å²) in [5, 5.41) is 4.50. The molecule has 0 amide bonds. The van der Waals surface area contributed by atoms with Crippen molar-refractivity contribution in [3.63, 3.8) is 0 Å². The van der Waals surface area contributed by atoms with Crippen molar-refractivity contribution in [2.45, 2.75) is 39.2 Å². The zero-order chi connectivity index (χ0) is 15.9. The van der Waals surface area contributed by atoms with Crippen molar-refractivity contribution < 1.29 is 8.42 Å². The Morgan fingerprint density at radius 1 is 1.19 bits per heavy atom. The Labute approximate surface area is 137 Å². The molecule has 6 heteroatoms. The smallest absolute Gasteiger partial charge is 0.150 e. The normalized spacial score (nSPS) is 13.3. The minimum absolute atomic E-state index is 0.214. The van der Waals surface area contributed by atoms with E-state index < -0.39 is 9.84 Å². The molecule has 1 atom stereocenters. The van der Waals surface area contributed by atoms with Crippen molar-refractivity contribution in [2.24, 2.45) is 0 Å². The zero-order valence-electron chi connectivity index (χ0n) is 12.5. The van der Waals surface area contributed by atoms with Gasteiger partial charge >= 0.3 is 0 Å². The number of likely N-dealkylation sites (N-methyl/N-ethyl adjacent to an activating group) is 1. The maximum Gasteiger partial charge on any atom is 0.150 e. The molecule has 1 unspecified atom stereocenters. The van der Waals surface area contributed by atoms with Crippen molar-refractivity contribution in [1.82, 2.24) is 5.32 Å². The Balaban J connectivity index is 2.58. The van der Waals surface area contributed by atoms with Crippen LogP contribution in [-0.2, 0) is 16.3 Å². The van der Waals surface area contributed by atoms with Gasteiger partial charge in [0.1, 0.15) is 9.84 Å². The van der Waals surface area contributed by atoms with Crippen molar-refractivity contribution in [3.05, 3.63) is 33.8 Å². The van der Waals surface area contributed by atoms with Crippen LogP contribution in [-0.4, -0.2) is 32.5 Å². The summed E-state index contributed by atoms with van der Waals surface area (Å²) in [5.74, 6) is 0.471. The van der Waals surface area contributed by atoms with E-state index in [0.717, 1.165) is 24.9 Å². The molecule has 0 aliphatic heterocycles. The van der Waals surface area contributed by atoms with Crippen LogP contribution in [0.4, 0.5) is 0 Å². The van der Waals surface area contributed by atoms with E-state index in [2.05, 4.69) is 5.32 Å². The number of hydrogen-bond acceptors (Lipinski definition) is 3. The van der Waals surface area contributed by atoms with E-state index >= 15 is 0 Å². The molecule has 1 aromatic rings. The van der Waals surface area contributed by atoms with Crippen LogP contribution >= 0.6 is 23.2 Å². The third kappa shape index (κ3) is 7.00. The summed E-state index contributed by atoms with van der Waals surface area (Å²) in [6.45, 7) is 4.59. The molecule has 3 nitrogen and oxygen atoms in total. The number of nitrogens with one attached hydrogen (secondary N) is 1. The van der Waals surface area contributed by atoms with Gasteiger partial charge in [-0.2, -0.15) is 0 Å². The third-order valence-corrected chi connectivity index (χ3v) is 5.94. The topological polar surface area (TPSA) is 46.2 Å². The average molecular weight is 352 g/mol. The number of halogens is 2. The summed E-state index contributed by atoms with van der Waals surface area (Å²) in [4.78, 5) is 0. The second kappa shape index (κ2) is 8.99. The molecule has 0 heterocycles. The van der Waals surface area contributed by atoms with Crippen molar-refractivity contribution in [1.29, 1.82) is 0 Å². The van der Waals surface area contributed by atoms with Gasteiger partial charge in [-0.05, 0) is 43.5 Å². The van der Waals surface area contributed by atoms with Crippen molar-refractivity contribution in [2.75, 3.05) is 18.1 Å². The van der Waals surface area contributed by atoms with Gasteiger partial charge in [0.05, 0.1) is 15.8 Å². The molecule has 120 valence electrons. The summed E-state index contributed by atoms with van der Waals surface area (Å²) < 4.78 is 23.1. The lowest BCUT2D eigenvalue weighted by molar-refractivity contribution is 0.484. The van der Waals surface area contributed by atoms with Gasteiger partial charge in [0.25, 0.3) is 0 Å². The van der Waals surface area contributed by atoms with Crippen molar-refractivity contribution >= 4 is 33.0 Å². The zero-order valence-corrected chi connectivity index (χ0v) is 14.9. The maximum atomic E-state index is 11.5. The van der Waals surface area contributed by atoms with Gasteiger partial charge < -0.3 is 5.32 Å². The van der Waals surface area contributed by atoms with Crippen LogP contribution in [0.2, 0.25) is 10.0 Å². The van der Waals surface area contributed by atoms with Gasteiger partial charge in [-0.1, -0.05) is 43.1 Å². The summed E-state index contributed by atoms with van der Waals surface area (Å²) >= 11 is 11.9. The fraction of sp³-hybridized carbons (Fsp3) is 0.600. The van der Waals surface area contributed by atoms with Crippen LogP contribution in [0.1, 0.15) is 32.3 Å². The molecular weight excluding hydrogens is 329 g/mol. The highest BCUT2D eigenvalue weighted by atomic mass is 35.5. The Morgan fingerprint density at radius 2 is 1.90 bits per heavy atom. The summed E-state index contributed by atoms with van der Waals surface area (Å²) in [6.07, 6.45) is 2.32. The number of hydrogen-bond donors (Lipinski definition) is 1. The molecule has 0 fully saturated rings. The third-order valence-electron chi connectivity index (χ3n) is 3.41. The fourth-order valence-electron chi connectivity index (χ4n) is 2.21. The first-order valence-electron chi connectivity index (χ1n) is 7.25. The lowest BCUT2D eigenvalue weighted by Gasteiger charge is -2.18. The van der Waals surface area contributed by atoms with E-state index in [1.807, 2.05) is 19.1 Å².